The van der Waals surface area contributed by atoms with E-state index >= 15 is 0 Å². The van der Waals surface area contributed by atoms with Crippen LogP contribution in [-0.2, 0) is 35.4 Å². The van der Waals surface area contributed by atoms with Crippen molar-refractivity contribution in [1.29, 1.82) is 0 Å². The third-order valence-electron chi connectivity index (χ3n) is 7.60. The molecular weight excluding hydrogens is 481 g/mol. The molecule has 2 aromatic rings. The maximum absolute atomic E-state index is 13.6. The Kier molecular flexibility index (Phi) is 8.57. The van der Waals surface area contributed by atoms with Gasteiger partial charge in [-0.1, -0.05) is 55.6 Å². The summed E-state index contributed by atoms with van der Waals surface area (Å²) in [6.45, 7) is 5.89. The van der Waals surface area contributed by atoms with Crippen molar-refractivity contribution in [2.75, 3.05) is 13.1 Å². The predicted octanol–water partition coefficient (Wildman–Crippen LogP) is 6.77. The average molecular weight is 517 g/mol. The predicted molar refractivity (Wildman–Crippen MR) is 136 cm³/mol. The Bertz CT molecular complexity index is 1130. The Morgan fingerprint density at radius 3 is 2.46 bits per heavy atom. The topological polar surface area (TPSA) is 62.1 Å². The van der Waals surface area contributed by atoms with Crippen LogP contribution in [0.3, 0.4) is 0 Å². The van der Waals surface area contributed by atoms with E-state index in [1.165, 1.54) is 23.3 Å². The number of carboxylic acid groups (broad SMARTS) is 1. The summed E-state index contributed by atoms with van der Waals surface area (Å²) in [7, 11) is 0. The molecule has 1 aliphatic heterocycles. The maximum Gasteiger partial charge on any atom is 0.416 e. The molecule has 8 heteroatoms. The zero-order chi connectivity index (χ0) is 26.6. The van der Waals surface area contributed by atoms with Crippen LogP contribution in [0, 0.1) is 5.92 Å². The molecule has 1 saturated heterocycles. The molecule has 1 N–H and O–H groups in total. The fraction of sp³-hybridized carbons (Fsp3) is 0.517. The third kappa shape index (κ3) is 6.72. The van der Waals surface area contributed by atoms with Crippen molar-refractivity contribution in [2.24, 2.45) is 11.1 Å². The molecule has 0 atom stereocenters. The molecular formula is C29H35F3N2O3. The molecule has 0 amide bonds. The Balaban J connectivity index is 1.41. The second kappa shape index (κ2) is 11.7. The van der Waals surface area contributed by atoms with E-state index < -0.39 is 17.7 Å². The van der Waals surface area contributed by atoms with Gasteiger partial charge in [0.1, 0.15) is 6.61 Å². The summed E-state index contributed by atoms with van der Waals surface area (Å²) in [5.74, 6) is -1.08. The molecule has 0 unspecified atom stereocenters. The highest BCUT2D eigenvalue weighted by molar-refractivity contribution is 5.98. The summed E-state index contributed by atoms with van der Waals surface area (Å²) in [5.41, 5.74) is 4.48. The number of nitrogens with zero attached hydrogens (tertiary/aromatic N) is 2. The molecule has 1 saturated carbocycles. The zero-order valence-corrected chi connectivity index (χ0v) is 21.5. The Morgan fingerprint density at radius 2 is 1.81 bits per heavy atom. The molecule has 2 aromatic carbocycles. The summed E-state index contributed by atoms with van der Waals surface area (Å²) >= 11 is 0. The van der Waals surface area contributed by atoms with Gasteiger partial charge in [0.25, 0.3) is 0 Å². The highest BCUT2D eigenvalue weighted by Gasteiger charge is 2.35. The van der Waals surface area contributed by atoms with Gasteiger partial charge in [-0.15, -0.1) is 0 Å². The van der Waals surface area contributed by atoms with Crippen molar-refractivity contribution in [2.45, 2.75) is 77.6 Å². The first-order chi connectivity index (χ1) is 17.7. The Labute approximate surface area is 216 Å². The second-order valence-electron chi connectivity index (χ2n) is 10.3. The zero-order valence-electron chi connectivity index (χ0n) is 21.5. The van der Waals surface area contributed by atoms with Crippen LogP contribution < -0.4 is 0 Å². The average Bonchev–Trinajstić information content (AvgIpc) is 2.85. The minimum atomic E-state index is -4.36. The van der Waals surface area contributed by atoms with E-state index in [0.29, 0.717) is 29.9 Å². The van der Waals surface area contributed by atoms with Gasteiger partial charge in [-0.3, -0.25) is 9.69 Å². The van der Waals surface area contributed by atoms with Crippen molar-refractivity contribution < 1.29 is 27.9 Å². The smallest absolute Gasteiger partial charge is 0.416 e. The second-order valence-corrected chi connectivity index (χ2v) is 10.3. The largest absolute Gasteiger partial charge is 0.481 e. The molecule has 2 aliphatic rings. The van der Waals surface area contributed by atoms with Crippen molar-refractivity contribution in [3.63, 3.8) is 0 Å². The minimum absolute atomic E-state index is 0.0622. The Hall–Kier alpha value is -2.87. The molecule has 2 fully saturated rings. The van der Waals surface area contributed by atoms with Crippen LogP contribution in [0.2, 0.25) is 0 Å². The number of carboxylic acids is 1. The third-order valence-corrected chi connectivity index (χ3v) is 7.60. The lowest BCUT2D eigenvalue weighted by atomic mass is 9.81. The van der Waals surface area contributed by atoms with Crippen LogP contribution >= 0.6 is 0 Å². The molecule has 0 radical (unpaired) electrons. The van der Waals surface area contributed by atoms with Gasteiger partial charge < -0.3 is 9.94 Å². The van der Waals surface area contributed by atoms with E-state index in [1.54, 1.807) is 6.07 Å². The van der Waals surface area contributed by atoms with Crippen LogP contribution in [0.5, 0.6) is 0 Å². The van der Waals surface area contributed by atoms with Crippen LogP contribution in [0.1, 0.15) is 85.3 Å². The molecule has 0 spiro atoms. The number of halogens is 3. The lowest BCUT2D eigenvalue weighted by Crippen LogP contribution is -2.49. The summed E-state index contributed by atoms with van der Waals surface area (Å²) < 4.78 is 40.9. The SMILES string of the molecule is CCc1cc(/C(C)=N/OCc2ccc(C(F)(F)F)c(C3CCCCC3)c2)ccc1CN1CC(C(=O)O)C1. The molecule has 4 rings (SSSR count). The summed E-state index contributed by atoms with van der Waals surface area (Å²) in [4.78, 5) is 18.7. The van der Waals surface area contributed by atoms with Gasteiger partial charge in [0.05, 0.1) is 17.2 Å². The first-order valence-corrected chi connectivity index (χ1v) is 13.1. The number of rotatable bonds is 9. The van der Waals surface area contributed by atoms with Gasteiger partial charge in [0.15, 0.2) is 0 Å². The van der Waals surface area contributed by atoms with Gasteiger partial charge in [-0.25, -0.2) is 0 Å². The van der Waals surface area contributed by atoms with Crippen LogP contribution in [-0.4, -0.2) is 34.8 Å². The summed E-state index contributed by atoms with van der Waals surface area (Å²) in [5, 5.41) is 13.3. The fourth-order valence-electron chi connectivity index (χ4n) is 5.40. The highest BCUT2D eigenvalue weighted by Crippen LogP contribution is 2.41. The molecule has 37 heavy (non-hydrogen) atoms. The molecule has 5 nitrogen and oxygen atoms in total. The van der Waals surface area contributed by atoms with Crippen molar-refractivity contribution in [3.05, 3.63) is 69.8 Å². The fourth-order valence-corrected chi connectivity index (χ4v) is 5.40. The van der Waals surface area contributed by atoms with E-state index in [2.05, 4.69) is 23.0 Å². The number of alkyl halides is 3. The number of hydrogen-bond acceptors (Lipinski definition) is 4. The number of aliphatic carboxylic acids is 1. The first kappa shape index (κ1) is 27.2. The minimum Gasteiger partial charge on any atom is -0.481 e. The van der Waals surface area contributed by atoms with Gasteiger partial charge >= 0.3 is 12.1 Å². The number of hydrogen-bond donors (Lipinski definition) is 1. The molecule has 1 aliphatic carbocycles. The maximum atomic E-state index is 13.6. The Morgan fingerprint density at radius 1 is 1.08 bits per heavy atom. The van der Waals surface area contributed by atoms with E-state index in [9.17, 15) is 18.0 Å². The summed E-state index contributed by atoms with van der Waals surface area (Å²) in [6.07, 6.45) is 1.06. The van der Waals surface area contributed by atoms with Crippen LogP contribution in [0.25, 0.3) is 0 Å². The van der Waals surface area contributed by atoms with E-state index in [4.69, 9.17) is 9.94 Å². The number of likely N-dealkylation sites (tertiary alicyclic amines) is 1. The molecule has 200 valence electrons. The van der Waals surface area contributed by atoms with Gasteiger partial charge in [0, 0.05) is 19.6 Å². The molecule has 1 heterocycles. The number of carbonyl (C=O) groups is 1. The van der Waals surface area contributed by atoms with E-state index in [1.807, 2.05) is 19.1 Å². The number of oxime groups is 1. The van der Waals surface area contributed by atoms with Gasteiger partial charge in [0.2, 0.25) is 0 Å². The monoisotopic (exact) mass is 516 g/mol. The van der Waals surface area contributed by atoms with Crippen LogP contribution in [0.15, 0.2) is 41.6 Å². The summed E-state index contributed by atoms with van der Waals surface area (Å²) in [6, 6.07) is 10.4. The van der Waals surface area contributed by atoms with E-state index in [-0.39, 0.29) is 18.4 Å². The number of benzene rings is 2. The normalized spacial score (nSPS) is 18.0. The first-order valence-electron chi connectivity index (χ1n) is 13.1. The van der Waals surface area contributed by atoms with Crippen molar-refractivity contribution in [1.82, 2.24) is 4.90 Å². The van der Waals surface area contributed by atoms with Crippen molar-refractivity contribution in [3.8, 4) is 0 Å². The molecule has 0 bridgehead atoms. The highest BCUT2D eigenvalue weighted by atomic mass is 19.4. The lowest BCUT2D eigenvalue weighted by molar-refractivity contribution is -0.147. The van der Waals surface area contributed by atoms with Gasteiger partial charge in [-0.2, -0.15) is 13.2 Å². The van der Waals surface area contributed by atoms with Crippen LogP contribution in [0.4, 0.5) is 13.2 Å². The van der Waals surface area contributed by atoms with E-state index in [0.717, 1.165) is 50.6 Å². The standard InChI is InChI=1S/C29H35F3N2O3/c1-3-21-14-23(10-11-24(21)15-34-16-25(17-34)28(35)36)19(2)33-37-18-20-9-12-27(29(30,31)32)26(13-20)22-7-5-4-6-8-22/h9-14,22,25H,3-8,15-18H2,1-2H3,(H,35,36)/b33-19+. The molecule has 0 aromatic heterocycles. The lowest BCUT2D eigenvalue weighted by Gasteiger charge is -2.37. The number of aryl methyl sites for hydroxylation is 1. The quantitative estimate of drug-likeness (QED) is 0.295. The van der Waals surface area contributed by atoms with Gasteiger partial charge in [-0.05, 0) is 72.1 Å². The van der Waals surface area contributed by atoms with Crippen molar-refractivity contribution >= 4 is 11.7 Å².